The number of hydrogen-bond donors (Lipinski definition) is 2. The minimum Gasteiger partial charge on any atom is -0.504 e. The van der Waals surface area contributed by atoms with Gasteiger partial charge in [0.2, 0.25) is 0 Å². The van der Waals surface area contributed by atoms with Crippen molar-refractivity contribution in [1.29, 1.82) is 0 Å². The van der Waals surface area contributed by atoms with Crippen LogP contribution in [0.25, 0.3) is 0 Å². The third-order valence-corrected chi connectivity index (χ3v) is 3.92. The van der Waals surface area contributed by atoms with Gasteiger partial charge in [-0.3, -0.25) is 14.9 Å². The maximum Gasteiger partial charge on any atom is 0.310 e. The average molecular weight is 471 g/mol. The van der Waals surface area contributed by atoms with Gasteiger partial charge in [0.05, 0.1) is 21.8 Å². The number of hydrazone groups is 1. The lowest BCUT2D eigenvalue weighted by Crippen LogP contribution is -2.24. The summed E-state index contributed by atoms with van der Waals surface area (Å²) < 4.78 is 10.7. The summed E-state index contributed by atoms with van der Waals surface area (Å²) in [5.74, 6) is -0.286. The maximum absolute atomic E-state index is 11.7. The molecule has 0 fully saturated rings. The first-order valence-electron chi connectivity index (χ1n) is 7.17. The highest BCUT2D eigenvalue weighted by atomic mass is 127. The smallest absolute Gasteiger partial charge is 0.310 e. The van der Waals surface area contributed by atoms with Crippen LogP contribution >= 0.6 is 22.6 Å². The second-order valence-electron chi connectivity index (χ2n) is 4.86. The van der Waals surface area contributed by atoms with Crippen LogP contribution in [0.15, 0.2) is 41.5 Å². The number of hydrogen-bond acceptors (Lipinski definition) is 7. The summed E-state index contributed by atoms with van der Waals surface area (Å²) in [5, 5.41) is 24.4. The summed E-state index contributed by atoms with van der Waals surface area (Å²) in [6.07, 6.45) is 1.37. The van der Waals surface area contributed by atoms with Gasteiger partial charge in [-0.1, -0.05) is 12.1 Å². The number of benzene rings is 2. The number of aromatic hydroxyl groups is 1. The van der Waals surface area contributed by atoms with Crippen molar-refractivity contribution in [3.8, 4) is 17.2 Å². The van der Waals surface area contributed by atoms with Crippen molar-refractivity contribution in [3.05, 3.63) is 55.6 Å². The van der Waals surface area contributed by atoms with E-state index in [0.29, 0.717) is 9.13 Å². The van der Waals surface area contributed by atoms with Gasteiger partial charge >= 0.3 is 5.69 Å². The summed E-state index contributed by atoms with van der Waals surface area (Å²) in [5.41, 5.74) is 2.63. The van der Waals surface area contributed by atoms with Crippen LogP contribution in [0.2, 0.25) is 0 Å². The number of rotatable bonds is 7. The Morgan fingerprint density at radius 3 is 2.81 bits per heavy atom. The number of phenols is 1. The van der Waals surface area contributed by atoms with Crippen molar-refractivity contribution < 1.29 is 24.3 Å². The van der Waals surface area contributed by atoms with Crippen molar-refractivity contribution in [3.63, 3.8) is 0 Å². The van der Waals surface area contributed by atoms with Crippen molar-refractivity contribution in [2.24, 2.45) is 5.10 Å². The summed E-state index contributed by atoms with van der Waals surface area (Å²) in [6.45, 7) is -0.432. The van der Waals surface area contributed by atoms with E-state index in [1.54, 1.807) is 18.2 Å². The molecule has 0 spiro atoms. The molecule has 0 heterocycles. The van der Waals surface area contributed by atoms with Crippen molar-refractivity contribution in [2.75, 3.05) is 13.7 Å². The highest BCUT2D eigenvalue weighted by Crippen LogP contribution is 2.31. The molecule has 136 valence electrons. The Morgan fingerprint density at radius 2 is 2.12 bits per heavy atom. The molecule has 0 radical (unpaired) electrons. The Kier molecular flexibility index (Phi) is 6.72. The second kappa shape index (κ2) is 8.99. The maximum atomic E-state index is 11.7. The Hall–Kier alpha value is -2.89. The molecule has 2 N–H and O–H groups in total. The van der Waals surface area contributed by atoms with Gasteiger partial charge in [-0.25, -0.2) is 5.43 Å². The molecule has 0 atom stereocenters. The minimum atomic E-state index is -0.592. The summed E-state index contributed by atoms with van der Waals surface area (Å²) in [4.78, 5) is 22.0. The Balaban J connectivity index is 1.94. The van der Waals surface area contributed by atoms with Gasteiger partial charge in [-0.2, -0.15) is 5.10 Å². The number of nitrogens with zero attached hydrogens (tertiary/aromatic N) is 2. The molecule has 0 unspecified atom stereocenters. The van der Waals surface area contributed by atoms with Crippen LogP contribution < -0.4 is 14.9 Å². The zero-order chi connectivity index (χ0) is 19.1. The highest BCUT2D eigenvalue weighted by Gasteiger charge is 2.14. The zero-order valence-electron chi connectivity index (χ0n) is 13.5. The fourth-order valence-electron chi connectivity index (χ4n) is 1.91. The molecular weight excluding hydrogens is 457 g/mol. The molecule has 1 amide bonds. The molecule has 10 heteroatoms. The number of ether oxygens (including phenoxy) is 2. The number of nitrogens with one attached hydrogen (secondary N) is 1. The van der Waals surface area contributed by atoms with Gasteiger partial charge in [-0.05, 0) is 46.4 Å². The predicted octanol–water partition coefficient (Wildman–Crippen LogP) is 2.44. The number of phenolic OH excluding ortho intramolecular Hbond substituents is 1. The number of carbonyl (C=O) groups excluding carboxylic acids is 1. The quantitative estimate of drug-likeness (QED) is 0.277. The monoisotopic (exact) mass is 471 g/mol. The number of amides is 1. The van der Waals surface area contributed by atoms with Crippen LogP contribution in [0.3, 0.4) is 0 Å². The topological polar surface area (TPSA) is 123 Å². The lowest BCUT2D eigenvalue weighted by Gasteiger charge is -2.07. The SMILES string of the molecule is COc1cc(/C=N\NC(=O)COc2ccccc2[N+](=O)[O-])cc(I)c1O. The fraction of sp³-hybridized carbons (Fsp3) is 0.125. The first-order valence-corrected chi connectivity index (χ1v) is 8.25. The molecule has 0 saturated heterocycles. The normalized spacial score (nSPS) is 10.5. The highest BCUT2D eigenvalue weighted by molar-refractivity contribution is 14.1. The van der Waals surface area contributed by atoms with E-state index in [1.807, 2.05) is 22.6 Å². The van der Waals surface area contributed by atoms with Crippen molar-refractivity contribution >= 4 is 40.4 Å². The molecular formula is C16H14IN3O6. The largest absolute Gasteiger partial charge is 0.504 e. The van der Waals surface area contributed by atoms with Crippen LogP contribution in [-0.4, -0.2) is 35.9 Å². The third kappa shape index (κ3) is 5.05. The number of methoxy groups -OCH3 is 1. The van der Waals surface area contributed by atoms with E-state index in [-0.39, 0.29) is 22.9 Å². The lowest BCUT2D eigenvalue weighted by atomic mass is 10.2. The molecule has 0 aliphatic rings. The molecule has 0 aliphatic heterocycles. The van der Waals surface area contributed by atoms with E-state index in [4.69, 9.17) is 9.47 Å². The van der Waals surface area contributed by atoms with Crippen LogP contribution in [0, 0.1) is 13.7 Å². The summed E-state index contributed by atoms with van der Waals surface area (Å²) in [7, 11) is 1.42. The first kappa shape index (κ1) is 19.4. The number of nitro benzene ring substituents is 1. The van der Waals surface area contributed by atoms with Crippen molar-refractivity contribution in [2.45, 2.75) is 0 Å². The Labute approximate surface area is 161 Å². The summed E-state index contributed by atoms with van der Waals surface area (Å²) in [6, 6.07) is 8.96. The molecule has 0 aliphatic carbocycles. The Bertz CT molecular complexity index is 856. The van der Waals surface area contributed by atoms with Gasteiger partial charge in [0.15, 0.2) is 23.9 Å². The molecule has 26 heavy (non-hydrogen) atoms. The van der Waals surface area contributed by atoms with E-state index >= 15 is 0 Å². The predicted molar refractivity (Wildman–Crippen MR) is 102 cm³/mol. The van der Waals surface area contributed by atoms with E-state index in [9.17, 15) is 20.0 Å². The van der Waals surface area contributed by atoms with Gasteiger partial charge < -0.3 is 14.6 Å². The van der Waals surface area contributed by atoms with Gasteiger partial charge in [-0.15, -0.1) is 0 Å². The van der Waals surface area contributed by atoms with Crippen LogP contribution in [-0.2, 0) is 4.79 Å². The Morgan fingerprint density at radius 1 is 1.38 bits per heavy atom. The van der Waals surface area contributed by atoms with Gasteiger partial charge in [0.1, 0.15) is 0 Å². The minimum absolute atomic E-state index is 0.00513. The van der Waals surface area contributed by atoms with E-state index in [0.717, 1.165) is 0 Å². The molecule has 0 saturated carbocycles. The van der Waals surface area contributed by atoms with Crippen molar-refractivity contribution in [1.82, 2.24) is 5.43 Å². The van der Waals surface area contributed by atoms with Crippen LogP contribution in [0.5, 0.6) is 17.2 Å². The summed E-state index contributed by atoms with van der Waals surface area (Å²) >= 11 is 1.94. The average Bonchev–Trinajstić information content (AvgIpc) is 2.62. The second-order valence-corrected chi connectivity index (χ2v) is 6.02. The first-order chi connectivity index (χ1) is 12.4. The van der Waals surface area contributed by atoms with Gasteiger partial charge in [0.25, 0.3) is 5.91 Å². The number of carbonyl (C=O) groups is 1. The van der Waals surface area contributed by atoms with Crippen LogP contribution in [0.4, 0.5) is 5.69 Å². The molecule has 0 aromatic heterocycles. The molecule has 2 aromatic rings. The standard InChI is InChI=1S/C16H14IN3O6/c1-25-14-7-10(6-11(17)16(14)22)8-18-19-15(21)9-26-13-5-3-2-4-12(13)20(23)24/h2-8,22H,9H2,1H3,(H,19,21)/b18-8-. The lowest BCUT2D eigenvalue weighted by molar-refractivity contribution is -0.385. The van der Waals surface area contributed by atoms with E-state index in [1.165, 1.54) is 31.5 Å². The number of para-hydroxylation sites is 2. The number of halogens is 1. The zero-order valence-corrected chi connectivity index (χ0v) is 15.7. The van der Waals surface area contributed by atoms with Gasteiger partial charge in [0, 0.05) is 6.07 Å². The molecule has 2 aromatic carbocycles. The molecule has 0 bridgehead atoms. The fourth-order valence-corrected chi connectivity index (χ4v) is 2.53. The van der Waals surface area contributed by atoms with E-state index in [2.05, 4.69) is 10.5 Å². The molecule has 9 nitrogen and oxygen atoms in total. The molecule has 2 rings (SSSR count). The third-order valence-electron chi connectivity index (χ3n) is 3.09. The van der Waals surface area contributed by atoms with E-state index < -0.39 is 17.4 Å². The number of nitro groups is 1. The van der Waals surface area contributed by atoms with Crippen LogP contribution in [0.1, 0.15) is 5.56 Å².